The van der Waals surface area contributed by atoms with Crippen LogP contribution in [0.2, 0.25) is 0 Å². The Morgan fingerprint density at radius 3 is 1.71 bits per heavy atom. The average Bonchev–Trinajstić information content (AvgIpc) is 1.84. The minimum atomic E-state index is -2.91. The molecule has 0 saturated heterocycles. The maximum Gasteiger partial charge on any atom is 1.00 e. The number of sulfone groups is 1. The smallest absolute Gasteiger partial charge is 0.220 e. The number of allylic oxidation sites excluding steroid dienone is 2. The molecule has 3 heteroatoms. The third-order valence-corrected chi connectivity index (χ3v) is 1.72. The van der Waals surface area contributed by atoms with Crippen LogP contribution in [0.3, 0.4) is 0 Å². The van der Waals surface area contributed by atoms with E-state index in [1.807, 2.05) is 0 Å². The van der Waals surface area contributed by atoms with Crippen LogP contribution in [0.25, 0.3) is 0 Å². The van der Waals surface area contributed by atoms with Gasteiger partial charge in [0.2, 0.25) is 0 Å². The predicted octanol–water partition coefficient (Wildman–Crippen LogP) is 0.555. The molecule has 0 aliphatic carbocycles. The summed E-state index contributed by atoms with van der Waals surface area (Å²) in [4.78, 5) is 0. The number of hydrogen-bond acceptors (Lipinski definition) is 2. The summed E-state index contributed by atoms with van der Waals surface area (Å²) in [5, 5.41) is 2.32. The first kappa shape index (κ1) is 4.59. The van der Waals surface area contributed by atoms with E-state index in [2.05, 4.69) is 0 Å². The Morgan fingerprint density at radius 1 is 1.14 bits per heavy atom. The van der Waals surface area contributed by atoms with Crippen LogP contribution < -0.4 is 0 Å². The van der Waals surface area contributed by atoms with Crippen molar-refractivity contribution in [2.24, 2.45) is 0 Å². The van der Waals surface area contributed by atoms with E-state index in [0.717, 1.165) is 10.8 Å². The summed E-state index contributed by atoms with van der Waals surface area (Å²) in [6.45, 7) is 0. The van der Waals surface area contributed by atoms with Crippen molar-refractivity contribution in [1.82, 2.24) is 0 Å². The predicted molar refractivity (Wildman–Crippen MR) is 28.3 cm³/mol. The van der Waals surface area contributed by atoms with Gasteiger partial charge in [0.15, 0.2) is 9.84 Å². The van der Waals surface area contributed by atoms with Gasteiger partial charge in [-0.15, -0.1) is 0 Å². The third-order valence-electron chi connectivity index (χ3n) is 0.648. The zero-order valence-electron chi connectivity index (χ0n) is 4.53. The maximum atomic E-state index is 10.3. The van der Waals surface area contributed by atoms with Gasteiger partial charge in [0.05, 0.1) is 0 Å². The van der Waals surface area contributed by atoms with Gasteiger partial charge in [-0.1, -0.05) is 0 Å². The second-order valence-electron chi connectivity index (χ2n) is 1.25. The first-order chi connectivity index (χ1) is 3.21. The molecule has 0 aromatic carbocycles. The summed E-state index contributed by atoms with van der Waals surface area (Å²) in [6.07, 6.45) is 2.99. The van der Waals surface area contributed by atoms with Gasteiger partial charge in [0, 0.05) is 10.8 Å². The fourth-order valence-electron chi connectivity index (χ4n) is 0.355. The molecule has 7 heavy (non-hydrogen) atoms. The van der Waals surface area contributed by atoms with Crippen LogP contribution in [-0.2, 0) is 9.84 Å². The highest BCUT2D eigenvalue weighted by molar-refractivity contribution is 7.97. The van der Waals surface area contributed by atoms with E-state index in [1.165, 1.54) is 12.2 Å². The quantitative estimate of drug-likeness (QED) is 0.464. The minimum absolute atomic E-state index is 0. The van der Waals surface area contributed by atoms with Crippen molar-refractivity contribution in [1.29, 1.82) is 0 Å². The number of rotatable bonds is 0. The van der Waals surface area contributed by atoms with Crippen molar-refractivity contribution in [3.05, 3.63) is 23.0 Å². The second kappa shape index (κ2) is 1.20. The molecule has 2 nitrogen and oxygen atoms in total. The van der Waals surface area contributed by atoms with E-state index in [4.69, 9.17) is 0 Å². The zero-order chi connectivity index (χ0) is 5.33. The number of hydrogen-bond donors (Lipinski definition) is 0. The summed E-state index contributed by atoms with van der Waals surface area (Å²) < 4.78 is 20.5. The van der Waals surface area contributed by atoms with Crippen LogP contribution in [0.15, 0.2) is 23.0 Å². The summed E-state index contributed by atoms with van der Waals surface area (Å²) in [5.41, 5.74) is 0. The fourth-order valence-corrected chi connectivity index (χ4v) is 1.07. The first-order valence-electron chi connectivity index (χ1n) is 1.80. The normalized spacial score (nSPS) is 23.4. The molecule has 0 amide bonds. The molecule has 1 aliphatic heterocycles. The Hall–Kier alpha value is -0.570. The van der Waals surface area contributed by atoms with Crippen molar-refractivity contribution in [3.63, 3.8) is 0 Å². The molecule has 0 bridgehead atoms. The third kappa shape index (κ3) is 0.899. The maximum absolute atomic E-state index is 10.3. The van der Waals surface area contributed by atoms with Gasteiger partial charge in [-0.2, -0.15) is 0 Å². The molecule has 1 aliphatic rings. The zero-order valence-corrected chi connectivity index (χ0v) is 4.35. The van der Waals surface area contributed by atoms with Gasteiger partial charge in [-0.3, -0.25) is 0 Å². The van der Waals surface area contributed by atoms with E-state index < -0.39 is 9.84 Å². The van der Waals surface area contributed by atoms with Crippen LogP contribution in [0.5, 0.6) is 0 Å². The Bertz CT molecular complexity index is 194. The highest BCUT2D eigenvalue weighted by atomic mass is 32.2. The van der Waals surface area contributed by atoms with E-state index in [9.17, 15) is 8.42 Å². The van der Waals surface area contributed by atoms with Crippen molar-refractivity contribution < 1.29 is 9.84 Å². The molecule has 0 atom stereocenters. The van der Waals surface area contributed by atoms with Crippen LogP contribution >= 0.6 is 0 Å². The van der Waals surface area contributed by atoms with Crippen molar-refractivity contribution in [2.75, 3.05) is 0 Å². The molecule has 0 N–H and O–H groups in total. The van der Waals surface area contributed by atoms with Crippen LogP contribution in [0.1, 0.15) is 1.43 Å². The highest BCUT2D eigenvalue weighted by Crippen LogP contribution is 2.01. The molecule has 0 aromatic heterocycles. The van der Waals surface area contributed by atoms with Gasteiger partial charge in [-0.05, 0) is 12.2 Å². The Balaban J connectivity index is 0.000000490. The monoisotopic (exact) mass is 117 g/mol. The first-order valence-corrected chi connectivity index (χ1v) is 3.41. The molecule has 0 aromatic rings. The molecule has 0 radical (unpaired) electrons. The summed E-state index contributed by atoms with van der Waals surface area (Å²) in [5.74, 6) is 0. The minimum Gasteiger partial charge on any atom is -0.220 e. The van der Waals surface area contributed by atoms with E-state index in [1.54, 1.807) is 0 Å². The molecule has 0 fully saturated rings. The lowest BCUT2D eigenvalue weighted by molar-refractivity contribution is 0.613. The SMILES string of the molecule is O=S1(=O)C=CC=C1.[H+]. The lowest BCUT2D eigenvalue weighted by atomic mass is 10.6. The van der Waals surface area contributed by atoms with Gasteiger partial charge in [0.1, 0.15) is 0 Å². The molecule has 1 heterocycles. The summed E-state index contributed by atoms with van der Waals surface area (Å²) >= 11 is 0. The average molecular weight is 117 g/mol. The molecular formula is C4H5O2S+. The Kier molecular flexibility index (Phi) is 0.785. The topological polar surface area (TPSA) is 34.1 Å². The van der Waals surface area contributed by atoms with E-state index in [0.29, 0.717) is 0 Å². The second-order valence-corrected chi connectivity index (χ2v) is 2.97. The largest absolute Gasteiger partial charge is 1.00 e. The van der Waals surface area contributed by atoms with E-state index >= 15 is 0 Å². The van der Waals surface area contributed by atoms with Crippen LogP contribution in [-0.4, -0.2) is 8.42 Å². The van der Waals surface area contributed by atoms with Gasteiger partial charge >= 0.3 is 1.43 Å². The Labute approximate surface area is 43.6 Å². The molecule has 0 unspecified atom stereocenters. The fraction of sp³-hybridized carbons (Fsp3) is 0. The molecule has 0 spiro atoms. The highest BCUT2D eigenvalue weighted by Gasteiger charge is 2.00. The summed E-state index contributed by atoms with van der Waals surface area (Å²) in [7, 11) is -2.91. The Morgan fingerprint density at radius 2 is 1.57 bits per heavy atom. The molecule has 0 saturated carbocycles. The van der Waals surface area contributed by atoms with Gasteiger partial charge in [0.25, 0.3) is 0 Å². The van der Waals surface area contributed by atoms with Crippen molar-refractivity contribution in [2.45, 2.75) is 0 Å². The standard InChI is InChI=1S/C4H4O2S/c5-7(6)3-1-2-4-7/h1-4H/p+1. The van der Waals surface area contributed by atoms with Crippen LogP contribution in [0, 0.1) is 0 Å². The van der Waals surface area contributed by atoms with E-state index in [-0.39, 0.29) is 1.43 Å². The van der Waals surface area contributed by atoms with Crippen molar-refractivity contribution >= 4 is 9.84 Å². The molecular weight excluding hydrogens is 112 g/mol. The lowest BCUT2D eigenvalue weighted by Gasteiger charge is -1.73. The van der Waals surface area contributed by atoms with Crippen LogP contribution in [0.4, 0.5) is 0 Å². The van der Waals surface area contributed by atoms with Crippen molar-refractivity contribution in [3.8, 4) is 0 Å². The molecule has 38 valence electrons. The van der Waals surface area contributed by atoms with Gasteiger partial charge in [-0.25, -0.2) is 8.42 Å². The molecule has 1 rings (SSSR count). The van der Waals surface area contributed by atoms with Gasteiger partial charge < -0.3 is 0 Å². The summed E-state index contributed by atoms with van der Waals surface area (Å²) in [6, 6.07) is 0. The lowest BCUT2D eigenvalue weighted by Crippen LogP contribution is -1.80.